The molecule has 0 bridgehead atoms. The molecule has 0 spiro atoms. The summed E-state index contributed by atoms with van der Waals surface area (Å²) >= 11 is 1.51. The minimum absolute atomic E-state index is 0.187. The SMILES string of the molecule is Cc1cc(CSc2ccccc2C(=O)Nc2ccc(-n3ccc(C(N)=O)n3)cc2)on1. The Labute approximate surface area is 182 Å². The van der Waals surface area contributed by atoms with Gasteiger partial charge in [-0.15, -0.1) is 11.8 Å². The first-order chi connectivity index (χ1) is 15.0. The van der Waals surface area contributed by atoms with Crippen molar-refractivity contribution in [2.24, 2.45) is 5.73 Å². The van der Waals surface area contributed by atoms with E-state index in [4.69, 9.17) is 10.3 Å². The average Bonchev–Trinajstić information content (AvgIpc) is 3.42. The molecule has 0 aliphatic carbocycles. The number of nitrogens with two attached hydrogens (primary N) is 1. The first-order valence-electron chi connectivity index (χ1n) is 9.41. The van der Waals surface area contributed by atoms with Crippen LogP contribution in [0, 0.1) is 6.92 Å². The van der Waals surface area contributed by atoms with E-state index in [0.717, 1.165) is 22.0 Å². The predicted octanol–water partition coefficient (Wildman–Crippen LogP) is 3.81. The molecular weight excluding hydrogens is 414 g/mol. The number of nitrogens with one attached hydrogen (secondary N) is 1. The van der Waals surface area contributed by atoms with Gasteiger partial charge in [-0.05, 0) is 49.4 Å². The smallest absolute Gasteiger partial charge is 0.269 e. The lowest BCUT2D eigenvalue weighted by Gasteiger charge is -2.10. The van der Waals surface area contributed by atoms with Crippen LogP contribution < -0.4 is 11.1 Å². The number of carbonyl (C=O) groups is 2. The van der Waals surface area contributed by atoms with E-state index in [-0.39, 0.29) is 11.6 Å². The fraction of sp³-hybridized carbons (Fsp3) is 0.0909. The molecular formula is C22H19N5O3S. The lowest BCUT2D eigenvalue weighted by atomic mass is 10.2. The van der Waals surface area contributed by atoms with Crippen molar-refractivity contribution in [1.29, 1.82) is 0 Å². The van der Waals surface area contributed by atoms with E-state index in [2.05, 4.69) is 15.6 Å². The van der Waals surface area contributed by atoms with Crippen molar-refractivity contribution >= 4 is 29.3 Å². The van der Waals surface area contributed by atoms with Gasteiger partial charge in [0.15, 0.2) is 0 Å². The van der Waals surface area contributed by atoms with E-state index >= 15 is 0 Å². The van der Waals surface area contributed by atoms with Gasteiger partial charge in [0.05, 0.1) is 22.7 Å². The number of aryl methyl sites for hydroxylation is 1. The highest BCUT2D eigenvalue weighted by atomic mass is 32.2. The van der Waals surface area contributed by atoms with Crippen molar-refractivity contribution in [3.63, 3.8) is 0 Å². The summed E-state index contributed by atoms with van der Waals surface area (Å²) in [5.41, 5.74) is 8.20. The maximum absolute atomic E-state index is 12.9. The standard InChI is InChI=1S/C22H19N5O3S/c1-14-12-17(30-26-14)13-31-20-5-3-2-4-18(20)22(29)24-15-6-8-16(9-7-15)27-11-10-19(25-27)21(23)28/h2-12H,13H2,1H3,(H2,23,28)(H,24,29). The van der Waals surface area contributed by atoms with Crippen molar-refractivity contribution in [3.05, 3.63) is 89.6 Å². The van der Waals surface area contributed by atoms with Crippen LogP contribution in [0.15, 0.2) is 76.3 Å². The summed E-state index contributed by atoms with van der Waals surface area (Å²) in [7, 11) is 0. The van der Waals surface area contributed by atoms with Gasteiger partial charge in [0.1, 0.15) is 11.5 Å². The molecule has 0 aliphatic rings. The summed E-state index contributed by atoms with van der Waals surface area (Å²) in [4.78, 5) is 24.9. The third-order valence-electron chi connectivity index (χ3n) is 4.41. The van der Waals surface area contributed by atoms with E-state index in [1.807, 2.05) is 31.2 Å². The van der Waals surface area contributed by atoms with Gasteiger partial charge < -0.3 is 15.6 Å². The third-order valence-corrected chi connectivity index (χ3v) is 5.51. The van der Waals surface area contributed by atoms with Gasteiger partial charge in [-0.2, -0.15) is 5.10 Å². The highest BCUT2D eigenvalue weighted by Crippen LogP contribution is 2.27. The number of hydrogen-bond donors (Lipinski definition) is 2. The van der Waals surface area contributed by atoms with Gasteiger partial charge in [-0.1, -0.05) is 17.3 Å². The average molecular weight is 433 g/mol. The minimum atomic E-state index is -0.586. The number of thioether (sulfide) groups is 1. The Morgan fingerprint density at radius 1 is 1.13 bits per heavy atom. The summed E-state index contributed by atoms with van der Waals surface area (Å²) in [5.74, 6) is 0.542. The number of amides is 2. The van der Waals surface area contributed by atoms with Crippen LogP contribution in [0.25, 0.3) is 5.69 Å². The second-order valence-corrected chi connectivity index (χ2v) is 7.75. The zero-order valence-electron chi connectivity index (χ0n) is 16.6. The number of anilines is 1. The molecule has 0 radical (unpaired) electrons. The van der Waals surface area contributed by atoms with E-state index in [1.54, 1.807) is 47.3 Å². The highest BCUT2D eigenvalue weighted by Gasteiger charge is 2.13. The Bertz CT molecular complexity index is 1230. The van der Waals surface area contributed by atoms with Gasteiger partial charge >= 0.3 is 0 Å². The van der Waals surface area contributed by atoms with Crippen LogP contribution in [0.3, 0.4) is 0 Å². The summed E-state index contributed by atoms with van der Waals surface area (Å²) in [5, 5.41) is 10.9. The van der Waals surface area contributed by atoms with Gasteiger partial charge in [0.25, 0.3) is 11.8 Å². The number of carbonyl (C=O) groups excluding carboxylic acids is 2. The Morgan fingerprint density at radius 2 is 1.90 bits per heavy atom. The van der Waals surface area contributed by atoms with Crippen LogP contribution in [0.5, 0.6) is 0 Å². The summed E-state index contributed by atoms with van der Waals surface area (Å²) in [6, 6.07) is 18.0. The first-order valence-corrected chi connectivity index (χ1v) is 10.4. The zero-order chi connectivity index (χ0) is 21.8. The summed E-state index contributed by atoms with van der Waals surface area (Å²) < 4.78 is 6.78. The normalized spacial score (nSPS) is 10.7. The van der Waals surface area contributed by atoms with Crippen LogP contribution in [0.2, 0.25) is 0 Å². The van der Waals surface area contributed by atoms with Crippen LogP contribution in [-0.4, -0.2) is 26.8 Å². The maximum Gasteiger partial charge on any atom is 0.269 e. The van der Waals surface area contributed by atoms with E-state index in [0.29, 0.717) is 17.0 Å². The van der Waals surface area contributed by atoms with Crippen molar-refractivity contribution in [3.8, 4) is 5.69 Å². The number of aromatic nitrogens is 3. The fourth-order valence-electron chi connectivity index (χ4n) is 2.91. The molecule has 2 aromatic carbocycles. The molecule has 4 aromatic rings. The summed E-state index contributed by atoms with van der Waals surface area (Å²) in [6.07, 6.45) is 1.65. The molecule has 0 saturated carbocycles. The molecule has 0 atom stereocenters. The molecule has 2 aromatic heterocycles. The quantitative estimate of drug-likeness (QED) is 0.428. The predicted molar refractivity (Wildman–Crippen MR) is 117 cm³/mol. The Morgan fingerprint density at radius 3 is 2.58 bits per heavy atom. The number of nitrogens with zero attached hydrogens (tertiary/aromatic N) is 3. The van der Waals surface area contributed by atoms with Crippen molar-refractivity contribution in [2.75, 3.05) is 5.32 Å². The van der Waals surface area contributed by atoms with Gasteiger partial charge in [0.2, 0.25) is 0 Å². The maximum atomic E-state index is 12.9. The molecule has 156 valence electrons. The second-order valence-electron chi connectivity index (χ2n) is 6.73. The van der Waals surface area contributed by atoms with Crippen molar-refractivity contribution in [2.45, 2.75) is 17.6 Å². The Balaban J connectivity index is 1.45. The van der Waals surface area contributed by atoms with Crippen LogP contribution in [0.1, 0.15) is 32.3 Å². The Hall–Kier alpha value is -3.85. The Kier molecular flexibility index (Phi) is 5.85. The third kappa shape index (κ3) is 4.84. The minimum Gasteiger partial charge on any atom is -0.364 e. The van der Waals surface area contributed by atoms with Crippen molar-refractivity contribution < 1.29 is 14.1 Å². The molecule has 2 amide bonds. The van der Waals surface area contributed by atoms with Gasteiger partial charge in [-0.25, -0.2) is 4.68 Å². The van der Waals surface area contributed by atoms with Crippen LogP contribution in [0.4, 0.5) is 5.69 Å². The van der Waals surface area contributed by atoms with Gasteiger partial charge in [0, 0.05) is 22.8 Å². The molecule has 9 heteroatoms. The molecule has 8 nitrogen and oxygen atoms in total. The number of primary amides is 1. The van der Waals surface area contributed by atoms with Crippen LogP contribution in [-0.2, 0) is 5.75 Å². The van der Waals surface area contributed by atoms with Gasteiger partial charge in [-0.3, -0.25) is 9.59 Å². The lowest BCUT2D eigenvalue weighted by molar-refractivity contribution is 0.0992. The second kappa shape index (κ2) is 8.88. The lowest BCUT2D eigenvalue weighted by Crippen LogP contribution is -2.13. The molecule has 4 rings (SSSR count). The molecule has 0 unspecified atom stereocenters. The fourth-order valence-corrected chi connectivity index (χ4v) is 3.83. The monoisotopic (exact) mass is 433 g/mol. The summed E-state index contributed by atoms with van der Waals surface area (Å²) in [6.45, 7) is 1.87. The zero-order valence-corrected chi connectivity index (χ0v) is 17.4. The topological polar surface area (TPSA) is 116 Å². The molecule has 0 fully saturated rings. The number of rotatable bonds is 7. The molecule has 3 N–H and O–H groups in total. The molecule has 2 heterocycles. The van der Waals surface area contributed by atoms with E-state index < -0.39 is 5.91 Å². The van der Waals surface area contributed by atoms with Crippen LogP contribution >= 0.6 is 11.8 Å². The molecule has 31 heavy (non-hydrogen) atoms. The molecule has 0 saturated heterocycles. The largest absolute Gasteiger partial charge is 0.364 e. The number of hydrogen-bond acceptors (Lipinski definition) is 6. The highest BCUT2D eigenvalue weighted by molar-refractivity contribution is 7.98. The van der Waals surface area contributed by atoms with E-state index in [9.17, 15) is 9.59 Å². The van der Waals surface area contributed by atoms with E-state index in [1.165, 1.54) is 11.8 Å². The number of benzene rings is 2. The van der Waals surface area contributed by atoms with Crippen molar-refractivity contribution in [1.82, 2.24) is 14.9 Å². The molecule has 0 aliphatic heterocycles. The first kappa shape index (κ1) is 20.4.